The molecule has 1 aromatic carbocycles. The van der Waals surface area contributed by atoms with Crippen LogP contribution in [-0.2, 0) is 4.79 Å². The summed E-state index contributed by atoms with van der Waals surface area (Å²) in [7, 11) is 0. The molecule has 0 aliphatic rings. The van der Waals surface area contributed by atoms with Gasteiger partial charge < -0.3 is 15.4 Å². The van der Waals surface area contributed by atoms with Crippen molar-refractivity contribution in [1.82, 2.24) is 14.5 Å². The van der Waals surface area contributed by atoms with Crippen molar-refractivity contribution in [1.29, 1.82) is 5.26 Å². The normalized spacial score (nSPS) is 11.9. The number of carboxylic acid groups (broad SMARTS) is 1. The van der Waals surface area contributed by atoms with E-state index in [1.807, 2.05) is 30.3 Å². The Morgan fingerprint density at radius 2 is 2.03 bits per heavy atom. The average molecular weight is 383 g/mol. The third-order valence-corrected chi connectivity index (χ3v) is 4.92. The van der Waals surface area contributed by atoms with Crippen molar-refractivity contribution in [2.75, 3.05) is 5.73 Å². The summed E-state index contributed by atoms with van der Waals surface area (Å²) >= 11 is 0. The summed E-state index contributed by atoms with van der Waals surface area (Å²) in [6.07, 6.45) is 5.08. The fourth-order valence-corrected chi connectivity index (χ4v) is 3.42. The molecule has 0 amide bonds. The van der Waals surface area contributed by atoms with Crippen molar-refractivity contribution in [3.05, 3.63) is 66.6 Å². The number of hydrogen-bond donors (Lipinski definition) is 2. The molecule has 4 aromatic rings. The van der Waals surface area contributed by atoms with E-state index in [9.17, 15) is 15.2 Å². The quantitative estimate of drug-likeness (QED) is 0.552. The zero-order valence-corrected chi connectivity index (χ0v) is 15.6. The summed E-state index contributed by atoms with van der Waals surface area (Å²) in [6.45, 7) is 1.63. The molecule has 0 saturated heterocycles. The zero-order valence-electron chi connectivity index (χ0n) is 15.6. The van der Waals surface area contributed by atoms with Gasteiger partial charge in [-0.25, -0.2) is 9.78 Å². The number of pyridine rings is 2. The Kier molecular flexibility index (Phi) is 4.45. The van der Waals surface area contributed by atoms with Crippen LogP contribution in [0.15, 0.2) is 61.1 Å². The lowest BCUT2D eigenvalue weighted by Gasteiger charge is -2.10. The first-order valence-corrected chi connectivity index (χ1v) is 8.95. The van der Waals surface area contributed by atoms with Crippen LogP contribution in [0.4, 0.5) is 5.82 Å². The maximum atomic E-state index is 11.6. The van der Waals surface area contributed by atoms with Crippen molar-refractivity contribution in [2.24, 2.45) is 0 Å². The van der Waals surface area contributed by atoms with Crippen molar-refractivity contribution in [3.8, 4) is 28.5 Å². The summed E-state index contributed by atoms with van der Waals surface area (Å²) in [6, 6.07) is 14.3. The van der Waals surface area contributed by atoms with Gasteiger partial charge in [-0.2, -0.15) is 5.26 Å². The number of fused-ring (bicyclic) bond motifs is 1. The lowest BCUT2D eigenvalue weighted by molar-refractivity contribution is -0.140. The molecule has 1 atom stereocenters. The predicted octanol–water partition coefficient (Wildman–Crippen LogP) is 3.86. The van der Waals surface area contributed by atoms with Gasteiger partial charge in [-0.15, -0.1) is 0 Å². The highest BCUT2D eigenvalue weighted by Gasteiger charge is 2.21. The Hall–Kier alpha value is -4.18. The first-order valence-electron chi connectivity index (χ1n) is 8.95. The molecule has 3 N–H and O–H groups in total. The smallest absolute Gasteiger partial charge is 0.326 e. The topological polar surface area (TPSA) is 118 Å². The number of aliphatic carboxylic acids is 1. The second-order valence-electron chi connectivity index (χ2n) is 6.65. The summed E-state index contributed by atoms with van der Waals surface area (Å²) in [5.41, 5.74) is 9.87. The second kappa shape index (κ2) is 7.09. The van der Waals surface area contributed by atoms with Gasteiger partial charge in [-0.3, -0.25) is 4.98 Å². The van der Waals surface area contributed by atoms with Gasteiger partial charge in [0, 0.05) is 46.2 Å². The number of nitriles is 1. The van der Waals surface area contributed by atoms with Gasteiger partial charge >= 0.3 is 5.97 Å². The van der Waals surface area contributed by atoms with Gasteiger partial charge in [0.2, 0.25) is 0 Å². The standard InChI is InChI=1S/C22H17N5O2/c1-13(22(28)29)27-12-18(15-6-2-3-7-20(15)27)19-9-16(14-5-4-8-25-11-14)17(10-23)21(24)26-19/h2-9,11-13H,1H3,(H2,24,26)(H,28,29)/t13-/m0/s1. The van der Waals surface area contributed by atoms with E-state index in [0.717, 1.165) is 22.0 Å². The second-order valence-corrected chi connectivity index (χ2v) is 6.65. The minimum atomic E-state index is -0.930. The molecule has 7 nitrogen and oxygen atoms in total. The third kappa shape index (κ3) is 3.07. The summed E-state index contributed by atoms with van der Waals surface area (Å²) in [5.74, 6) is -0.812. The molecule has 4 rings (SSSR count). The average Bonchev–Trinajstić information content (AvgIpc) is 3.13. The largest absolute Gasteiger partial charge is 0.480 e. The minimum absolute atomic E-state index is 0.118. The van der Waals surface area contributed by atoms with E-state index in [0.29, 0.717) is 11.3 Å². The van der Waals surface area contributed by atoms with Crippen LogP contribution in [0.2, 0.25) is 0 Å². The molecule has 0 bridgehead atoms. The maximum Gasteiger partial charge on any atom is 0.326 e. The molecule has 142 valence electrons. The van der Waals surface area contributed by atoms with E-state index in [1.165, 1.54) is 0 Å². The van der Waals surface area contributed by atoms with Crippen LogP contribution >= 0.6 is 0 Å². The Morgan fingerprint density at radius 3 is 2.72 bits per heavy atom. The highest BCUT2D eigenvalue weighted by molar-refractivity contribution is 5.97. The summed E-state index contributed by atoms with van der Waals surface area (Å²) in [4.78, 5) is 20.1. The molecule has 29 heavy (non-hydrogen) atoms. The number of hydrogen-bond acceptors (Lipinski definition) is 5. The highest BCUT2D eigenvalue weighted by Crippen LogP contribution is 2.36. The van der Waals surface area contributed by atoms with E-state index in [4.69, 9.17) is 5.73 Å². The monoisotopic (exact) mass is 383 g/mol. The number of carbonyl (C=O) groups is 1. The number of anilines is 1. The van der Waals surface area contributed by atoms with Crippen LogP contribution < -0.4 is 5.73 Å². The SMILES string of the molecule is C[C@@H](C(=O)O)n1cc(-c2cc(-c3cccnc3)c(C#N)c(N)n2)c2ccccc21. The summed E-state index contributed by atoms with van der Waals surface area (Å²) in [5, 5.41) is 19.9. The van der Waals surface area contributed by atoms with Gasteiger partial charge in [-0.05, 0) is 25.1 Å². The summed E-state index contributed by atoms with van der Waals surface area (Å²) < 4.78 is 1.70. The van der Waals surface area contributed by atoms with Crippen LogP contribution in [0.5, 0.6) is 0 Å². The van der Waals surface area contributed by atoms with Crippen molar-refractivity contribution >= 4 is 22.7 Å². The number of nitrogens with zero attached hydrogens (tertiary/aromatic N) is 4. The molecular weight excluding hydrogens is 366 g/mol. The van der Waals surface area contributed by atoms with E-state index in [-0.39, 0.29) is 11.4 Å². The van der Waals surface area contributed by atoms with Crippen LogP contribution in [0.1, 0.15) is 18.5 Å². The number of rotatable bonds is 4. The minimum Gasteiger partial charge on any atom is -0.480 e. The Bertz CT molecular complexity index is 1270. The lowest BCUT2D eigenvalue weighted by Crippen LogP contribution is -2.14. The van der Waals surface area contributed by atoms with E-state index >= 15 is 0 Å². The van der Waals surface area contributed by atoms with Crippen molar-refractivity contribution < 1.29 is 9.90 Å². The molecular formula is C22H17N5O2. The van der Waals surface area contributed by atoms with Gasteiger partial charge in [0.25, 0.3) is 0 Å². The molecule has 0 unspecified atom stereocenters. The predicted molar refractivity (Wildman–Crippen MR) is 110 cm³/mol. The van der Waals surface area contributed by atoms with Crippen LogP contribution in [0, 0.1) is 11.3 Å². The molecule has 0 spiro atoms. The van der Waals surface area contributed by atoms with Crippen molar-refractivity contribution in [2.45, 2.75) is 13.0 Å². The number of para-hydroxylation sites is 1. The third-order valence-electron chi connectivity index (χ3n) is 4.92. The zero-order chi connectivity index (χ0) is 20.5. The van der Waals surface area contributed by atoms with E-state index in [2.05, 4.69) is 16.0 Å². The maximum absolute atomic E-state index is 11.6. The Morgan fingerprint density at radius 1 is 1.24 bits per heavy atom. The van der Waals surface area contributed by atoms with Gasteiger partial charge in [-0.1, -0.05) is 24.3 Å². The Labute approximate surface area is 166 Å². The number of nitrogens with two attached hydrogens (primary N) is 1. The van der Waals surface area contributed by atoms with Gasteiger partial charge in [0.05, 0.1) is 5.69 Å². The van der Waals surface area contributed by atoms with Crippen molar-refractivity contribution in [3.63, 3.8) is 0 Å². The first-order chi connectivity index (χ1) is 14.0. The van der Waals surface area contributed by atoms with Gasteiger partial charge in [0.15, 0.2) is 0 Å². The fraction of sp³-hybridized carbons (Fsp3) is 0.0909. The number of nitrogen functional groups attached to an aromatic ring is 1. The van der Waals surface area contributed by atoms with E-state index in [1.54, 1.807) is 42.2 Å². The number of carboxylic acids is 1. The number of benzene rings is 1. The molecule has 0 fully saturated rings. The molecule has 0 radical (unpaired) electrons. The van der Waals surface area contributed by atoms with Crippen LogP contribution in [0.25, 0.3) is 33.3 Å². The first kappa shape index (κ1) is 18.2. The molecule has 0 aliphatic carbocycles. The lowest BCUT2D eigenvalue weighted by atomic mass is 9.99. The molecule has 0 saturated carbocycles. The molecule has 7 heteroatoms. The number of aromatic nitrogens is 3. The molecule has 0 aliphatic heterocycles. The molecule has 3 aromatic heterocycles. The van der Waals surface area contributed by atoms with Crippen LogP contribution in [0.3, 0.4) is 0 Å². The Balaban J connectivity index is 1.99. The van der Waals surface area contributed by atoms with Gasteiger partial charge in [0.1, 0.15) is 23.5 Å². The van der Waals surface area contributed by atoms with Crippen LogP contribution in [-0.4, -0.2) is 25.6 Å². The highest BCUT2D eigenvalue weighted by atomic mass is 16.4. The fourth-order valence-electron chi connectivity index (χ4n) is 3.42. The van der Waals surface area contributed by atoms with E-state index < -0.39 is 12.0 Å². The molecule has 3 heterocycles.